The van der Waals surface area contributed by atoms with Crippen molar-refractivity contribution in [1.29, 1.82) is 0 Å². The van der Waals surface area contributed by atoms with Crippen LogP contribution in [0.25, 0.3) is 16.9 Å². The van der Waals surface area contributed by atoms with Gasteiger partial charge in [-0.05, 0) is 45.9 Å². The molecule has 0 saturated carbocycles. The minimum atomic E-state index is 0.411. The first-order chi connectivity index (χ1) is 15.5. The molecular weight excluding hydrogens is 402 g/mol. The predicted octanol–water partition coefficient (Wildman–Crippen LogP) is 3.88. The largest absolute Gasteiger partial charge is 0.367 e. The van der Waals surface area contributed by atoms with E-state index in [1.165, 1.54) is 0 Å². The number of hydrogen-bond acceptors (Lipinski definition) is 8. The summed E-state index contributed by atoms with van der Waals surface area (Å²) in [7, 11) is 0. The van der Waals surface area contributed by atoms with E-state index in [1.54, 1.807) is 24.8 Å². The van der Waals surface area contributed by atoms with Crippen LogP contribution >= 0.6 is 0 Å². The molecule has 32 heavy (non-hydrogen) atoms. The van der Waals surface area contributed by atoms with Crippen LogP contribution in [0.4, 0.5) is 17.7 Å². The average molecular weight is 432 g/mol. The fourth-order valence-corrected chi connectivity index (χ4v) is 3.74. The van der Waals surface area contributed by atoms with Crippen LogP contribution in [0.5, 0.6) is 0 Å². The van der Waals surface area contributed by atoms with Crippen LogP contribution in [0.2, 0.25) is 0 Å². The Morgan fingerprint density at radius 1 is 0.875 bits per heavy atom. The fraction of sp³-hybridized carbons (Fsp3) is 0.348. The first-order valence-corrected chi connectivity index (χ1v) is 10.9. The molecule has 1 aromatic carbocycles. The van der Waals surface area contributed by atoms with Crippen LogP contribution in [0, 0.1) is 0 Å². The average Bonchev–Trinajstić information content (AvgIpc) is 3.21. The maximum Gasteiger partial charge on any atom is 0.233 e. The second kappa shape index (κ2) is 9.69. The maximum absolute atomic E-state index is 4.71. The van der Waals surface area contributed by atoms with Crippen molar-refractivity contribution in [2.24, 2.45) is 0 Å². The Bertz CT molecular complexity index is 1130. The summed E-state index contributed by atoms with van der Waals surface area (Å²) in [6, 6.07) is 12.7. The molecule has 3 aromatic heterocycles. The zero-order chi connectivity index (χ0) is 22.5. The highest BCUT2D eigenvalue weighted by molar-refractivity contribution is 5.85. The van der Waals surface area contributed by atoms with Crippen molar-refractivity contribution in [1.82, 2.24) is 34.4 Å². The van der Waals surface area contributed by atoms with Gasteiger partial charge in [0.25, 0.3) is 0 Å². The Hall–Kier alpha value is -3.59. The number of benzene rings is 1. The van der Waals surface area contributed by atoms with E-state index in [9.17, 15) is 0 Å². The first-order valence-electron chi connectivity index (χ1n) is 10.9. The number of para-hydroxylation sites is 1. The quantitative estimate of drug-likeness (QED) is 0.412. The number of fused-ring (bicyclic) bond motifs is 1. The molecule has 0 aliphatic carbocycles. The molecule has 0 bridgehead atoms. The summed E-state index contributed by atoms with van der Waals surface area (Å²) >= 11 is 0. The summed E-state index contributed by atoms with van der Waals surface area (Å²) in [6.45, 7) is 10.5. The monoisotopic (exact) mass is 431 g/mol. The SMILES string of the molecule is CC(C)N(CCNc1nc(Nc2ncccn2)nc2c1ncn2-c1ccccc1)C(C)C. The molecule has 0 unspecified atom stereocenters. The topological polar surface area (TPSA) is 96.7 Å². The van der Waals surface area contributed by atoms with Gasteiger partial charge in [-0.1, -0.05) is 18.2 Å². The molecule has 9 heteroatoms. The van der Waals surface area contributed by atoms with Gasteiger partial charge in [0.2, 0.25) is 11.9 Å². The van der Waals surface area contributed by atoms with Crippen LogP contribution in [-0.2, 0) is 0 Å². The molecule has 0 amide bonds. The predicted molar refractivity (Wildman–Crippen MR) is 127 cm³/mol. The van der Waals surface area contributed by atoms with E-state index in [0.29, 0.717) is 41.0 Å². The zero-order valence-electron chi connectivity index (χ0n) is 18.9. The van der Waals surface area contributed by atoms with Crippen molar-refractivity contribution in [3.8, 4) is 5.69 Å². The summed E-state index contributed by atoms with van der Waals surface area (Å²) in [4.78, 5) is 24.9. The van der Waals surface area contributed by atoms with Gasteiger partial charge in [0.05, 0.1) is 0 Å². The van der Waals surface area contributed by atoms with E-state index >= 15 is 0 Å². The normalized spacial score (nSPS) is 11.6. The summed E-state index contributed by atoms with van der Waals surface area (Å²) in [5, 5.41) is 6.57. The highest BCUT2D eigenvalue weighted by Crippen LogP contribution is 2.24. The smallest absolute Gasteiger partial charge is 0.233 e. The highest BCUT2D eigenvalue weighted by Gasteiger charge is 2.17. The third-order valence-electron chi connectivity index (χ3n) is 5.21. The van der Waals surface area contributed by atoms with Gasteiger partial charge in [-0.15, -0.1) is 0 Å². The summed E-state index contributed by atoms with van der Waals surface area (Å²) in [6.07, 6.45) is 5.12. The van der Waals surface area contributed by atoms with E-state index in [-0.39, 0.29) is 0 Å². The molecule has 0 saturated heterocycles. The van der Waals surface area contributed by atoms with E-state index in [2.05, 4.69) is 63.2 Å². The first kappa shape index (κ1) is 21.6. The van der Waals surface area contributed by atoms with Gasteiger partial charge in [-0.3, -0.25) is 14.8 Å². The fourth-order valence-electron chi connectivity index (χ4n) is 3.74. The van der Waals surface area contributed by atoms with Crippen molar-refractivity contribution < 1.29 is 0 Å². The molecular formula is C23H29N9. The van der Waals surface area contributed by atoms with Gasteiger partial charge < -0.3 is 5.32 Å². The van der Waals surface area contributed by atoms with Crippen LogP contribution in [-0.4, -0.2) is 59.6 Å². The van der Waals surface area contributed by atoms with E-state index in [4.69, 9.17) is 4.98 Å². The molecule has 4 rings (SSSR count). The molecule has 4 aromatic rings. The minimum absolute atomic E-state index is 0.411. The third kappa shape index (κ3) is 4.83. The van der Waals surface area contributed by atoms with Crippen molar-refractivity contribution in [2.75, 3.05) is 23.7 Å². The second-order valence-electron chi connectivity index (χ2n) is 8.07. The Morgan fingerprint density at radius 2 is 1.59 bits per heavy atom. The lowest BCUT2D eigenvalue weighted by Crippen LogP contribution is -2.40. The number of nitrogens with zero attached hydrogens (tertiary/aromatic N) is 7. The van der Waals surface area contributed by atoms with E-state index in [0.717, 1.165) is 18.8 Å². The lowest BCUT2D eigenvalue weighted by Gasteiger charge is -2.30. The number of aromatic nitrogens is 6. The molecule has 0 fully saturated rings. The van der Waals surface area contributed by atoms with Crippen LogP contribution in [0.15, 0.2) is 55.1 Å². The van der Waals surface area contributed by atoms with Crippen LogP contribution in [0.1, 0.15) is 27.7 Å². The minimum Gasteiger partial charge on any atom is -0.367 e. The number of hydrogen-bond donors (Lipinski definition) is 2. The Balaban J connectivity index is 1.67. The molecule has 0 radical (unpaired) electrons. The molecule has 0 aliphatic heterocycles. The Morgan fingerprint density at radius 3 is 2.28 bits per heavy atom. The second-order valence-corrected chi connectivity index (χ2v) is 8.07. The number of imidazole rings is 1. The van der Waals surface area contributed by atoms with Crippen LogP contribution in [0.3, 0.4) is 0 Å². The molecule has 3 heterocycles. The molecule has 0 aliphatic rings. The number of nitrogens with one attached hydrogen (secondary N) is 2. The van der Waals surface area contributed by atoms with Crippen LogP contribution < -0.4 is 10.6 Å². The lowest BCUT2D eigenvalue weighted by molar-refractivity contribution is 0.182. The van der Waals surface area contributed by atoms with Gasteiger partial charge >= 0.3 is 0 Å². The van der Waals surface area contributed by atoms with Crippen molar-refractivity contribution >= 4 is 28.9 Å². The summed E-state index contributed by atoms with van der Waals surface area (Å²) < 4.78 is 1.95. The highest BCUT2D eigenvalue weighted by atomic mass is 15.3. The molecule has 2 N–H and O–H groups in total. The number of anilines is 3. The van der Waals surface area contributed by atoms with E-state index < -0.39 is 0 Å². The summed E-state index contributed by atoms with van der Waals surface area (Å²) in [5.74, 6) is 1.53. The third-order valence-corrected chi connectivity index (χ3v) is 5.21. The van der Waals surface area contributed by atoms with Gasteiger partial charge in [-0.25, -0.2) is 15.0 Å². The Kier molecular flexibility index (Phi) is 6.55. The molecule has 9 nitrogen and oxygen atoms in total. The maximum atomic E-state index is 4.71. The molecule has 166 valence electrons. The standard InChI is InChI=1S/C23H29N9/c1-16(2)31(17(3)4)14-13-24-20-19-21(32(15-27-19)18-9-6-5-7-10-18)29-23(28-20)30-22-25-11-8-12-26-22/h5-12,15-17H,13-14H2,1-4H3,(H2,24,25,26,28,29,30). The number of rotatable bonds is 9. The van der Waals surface area contributed by atoms with Crippen molar-refractivity contribution in [2.45, 2.75) is 39.8 Å². The zero-order valence-corrected chi connectivity index (χ0v) is 18.9. The van der Waals surface area contributed by atoms with Gasteiger partial charge in [0.15, 0.2) is 17.0 Å². The van der Waals surface area contributed by atoms with Crippen molar-refractivity contribution in [3.63, 3.8) is 0 Å². The molecule has 0 spiro atoms. The molecule has 0 atom stereocenters. The lowest BCUT2D eigenvalue weighted by atomic mass is 10.2. The van der Waals surface area contributed by atoms with E-state index in [1.807, 2.05) is 34.9 Å². The van der Waals surface area contributed by atoms with Crippen molar-refractivity contribution in [3.05, 3.63) is 55.1 Å². The van der Waals surface area contributed by atoms with Gasteiger partial charge in [0, 0.05) is 43.3 Å². The van der Waals surface area contributed by atoms with Gasteiger partial charge in [-0.2, -0.15) is 9.97 Å². The Labute approximate surface area is 188 Å². The summed E-state index contributed by atoms with van der Waals surface area (Å²) in [5.41, 5.74) is 2.40. The van der Waals surface area contributed by atoms with Gasteiger partial charge in [0.1, 0.15) is 6.33 Å².